The van der Waals surface area contributed by atoms with Crippen LogP contribution in [0.2, 0.25) is 0 Å². The third-order valence-corrected chi connectivity index (χ3v) is 4.62. The molecule has 0 bridgehead atoms. The van der Waals surface area contributed by atoms with E-state index in [-0.39, 0.29) is 0 Å². The van der Waals surface area contributed by atoms with Crippen LogP contribution in [0.4, 0.5) is 5.95 Å². The summed E-state index contributed by atoms with van der Waals surface area (Å²) in [6, 6.07) is 16.6. The van der Waals surface area contributed by atoms with Crippen molar-refractivity contribution in [3.8, 4) is 17.0 Å². The number of nitrogens with one attached hydrogen (secondary N) is 2. The second-order valence-corrected chi connectivity index (χ2v) is 6.46. The molecule has 5 heteroatoms. The Morgan fingerprint density at radius 2 is 1.89 bits per heavy atom. The van der Waals surface area contributed by atoms with Crippen molar-refractivity contribution < 1.29 is 4.74 Å². The van der Waals surface area contributed by atoms with Gasteiger partial charge >= 0.3 is 0 Å². The number of rotatable bonds is 7. The summed E-state index contributed by atoms with van der Waals surface area (Å²) >= 11 is 0. The van der Waals surface area contributed by atoms with Crippen molar-refractivity contribution in [2.45, 2.75) is 12.8 Å². The molecule has 0 unspecified atom stereocenters. The summed E-state index contributed by atoms with van der Waals surface area (Å²) in [6.45, 7) is 0.863. The summed E-state index contributed by atoms with van der Waals surface area (Å²) < 4.78 is 5.19. The van der Waals surface area contributed by atoms with Gasteiger partial charge in [0.15, 0.2) is 0 Å². The smallest absolute Gasteiger partial charge is 0.200 e. The van der Waals surface area contributed by atoms with Crippen LogP contribution in [0.1, 0.15) is 12.0 Å². The summed E-state index contributed by atoms with van der Waals surface area (Å²) in [7, 11) is 1.69. The number of benzene rings is 2. The van der Waals surface area contributed by atoms with Crippen molar-refractivity contribution in [3.05, 3.63) is 72.7 Å². The number of pyridine rings is 1. The molecule has 0 saturated carbocycles. The Hall–Kier alpha value is -3.34. The molecule has 2 heterocycles. The normalized spacial score (nSPS) is 10.9. The zero-order valence-corrected chi connectivity index (χ0v) is 15.3. The molecule has 2 aromatic carbocycles. The topological polar surface area (TPSA) is 62.8 Å². The maximum absolute atomic E-state index is 5.19. The first-order chi connectivity index (χ1) is 13.3. The highest BCUT2D eigenvalue weighted by molar-refractivity contribution is 5.86. The zero-order chi connectivity index (χ0) is 18.5. The number of H-pyrrole nitrogens is 1. The van der Waals surface area contributed by atoms with Crippen molar-refractivity contribution in [3.63, 3.8) is 0 Å². The van der Waals surface area contributed by atoms with Gasteiger partial charge in [0.2, 0.25) is 5.95 Å². The number of anilines is 1. The molecule has 0 aliphatic carbocycles. The number of imidazole rings is 1. The maximum Gasteiger partial charge on any atom is 0.200 e. The van der Waals surface area contributed by atoms with Crippen LogP contribution in [0, 0.1) is 0 Å². The highest BCUT2D eigenvalue weighted by Crippen LogP contribution is 2.23. The minimum atomic E-state index is 0.801. The van der Waals surface area contributed by atoms with E-state index in [2.05, 4.69) is 50.6 Å². The van der Waals surface area contributed by atoms with Gasteiger partial charge < -0.3 is 15.0 Å². The molecule has 0 fully saturated rings. The van der Waals surface area contributed by atoms with Crippen LogP contribution < -0.4 is 10.1 Å². The lowest BCUT2D eigenvalue weighted by atomic mass is 10.1. The van der Waals surface area contributed by atoms with E-state index in [1.165, 1.54) is 10.9 Å². The molecule has 2 aromatic heterocycles. The minimum absolute atomic E-state index is 0.801. The fourth-order valence-electron chi connectivity index (χ4n) is 3.10. The Balaban J connectivity index is 1.33. The van der Waals surface area contributed by atoms with Crippen LogP contribution in [0.25, 0.3) is 22.0 Å². The molecule has 0 atom stereocenters. The van der Waals surface area contributed by atoms with Crippen molar-refractivity contribution in [1.82, 2.24) is 15.0 Å². The number of methoxy groups -OCH3 is 1. The highest BCUT2D eigenvalue weighted by atomic mass is 16.5. The lowest BCUT2D eigenvalue weighted by Gasteiger charge is -2.05. The second kappa shape index (κ2) is 7.91. The molecule has 0 radical (unpaired) electrons. The van der Waals surface area contributed by atoms with Crippen LogP contribution in [0.3, 0.4) is 0 Å². The van der Waals surface area contributed by atoms with Crippen molar-refractivity contribution in [2.24, 2.45) is 0 Å². The second-order valence-electron chi connectivity index (χ2n) is 6.46. The molecule has 5 nitrogen and oxygen atoms in total. The van der Waals surface area contributed by atoms with Crippen molar-refractivity contribution in [1.29, 1.82) is 0 Å². The lowest BCUT2D eigenvalue weighted by molar-refractivity contribution is 0.414. The van der Waals surface area contributed by atoms with Crippen LogP contribution in [0.15, 0.2) is 67.1 Å². The average Bonchev–Trinajstić information content (AvgIpc) is 3.20. The number of aromatic amines is 1. The Labute approximate surface area is 158 Å². The SMILES string of the molecule is COc1ccc(CCCNc2ncc(-c3ccc4cnccc4c3)[nH]2)cc1. The fourth-order valence-corrected chi connectivity index (χ4v) is 3.10. The molecule has 0 aliphatic rings. The van der Waals surface area contributed by atoms with E-state index in [0.29, 0.717) is 0 Å². The van der Waals surface area contributed by atoms with Gasteiger partial charge in [-0.15, -0.1) is 0 Å². The van der Waals surface area contributed by atoms with Gasteiger partial charge in [0.05, 0.1) is 19.0 Å². The molecular formula is C22H22N4O. The quantitative estimate of drug-likeness (QED) is 0.471. The molecule has 0 aliphatic heterocycles. The first kappa shape index (κ1) is 17.1. The molecule has 2 N–H and O–H groups in total. The Morgan fingerprint density at radius 1 is 1.00 bits per heavy atom. The maximum atomic E-state index is 5.19. The van der Waals surface area contributed by atoms with Crippen molar-refractivity contribution >= 4 is 16.7 Å². The van der Waals surface area contributed by atoms with Crippen LogP contribution in [-0.2, 0) is 6.42 Å². The largest absolute Gasteiger partial charge is 0.497 e. The van der Waals surface area contributed by atoms with E-state index in [4.69, 9.17) is 4.74 Å². The van der Waals surface area contributed by atoms with Gasteiger partial charge in [-0.25, -0.2) is 4.98 Å². The summed E-state index contributed by atoms with van der Waals surface area (Å²) in [5.74, 6) is 1.69. The van der Waals surface area contributed by atoms with Crippen LogP contribution >= 0.6 is 0 Å². The number of aryl methyl sites for hydroxylation is 1. The number of hydrogen-bond acceptors (Lipinski definition) is 4. The molecule has 0 saturated heterocycles. The van der Waals surface area contributed by atoms with Gasteiger partial charge in [0, 0.05) is 29.9 Å². The first-order valence-corrected chi connectivity index (χ1v) is 9.08. The summed E-state index contributed by atoms with van der Waals surface area (Å²) in [5, 5.41) is 5.67. The Kier molecular flexibility index (Phi) is 5.01. The van der Waals surface area contributed by atoms with E-state index in [1.54, 1.807) is 7.11 Å². The molecule has 0 spiro atoms. The molecule has 27 heavy (non-hydrogen) atoms. The summed E-state index contributed by atoms with van der Waals surface area (Å²) in [6.07, 6.45) is 7.61. The molecular weight excluding hydrogens is 336 g/mol. The molecule has 4 rings (SSSR count). The number of hydrogen-bond donors (Lipinski definition) is 2. The standard InChI is InChI=1S/C22H22N4O/c1-27-20-8-4-16(5-9-20)3-2-11-24-22-25-15-21(26-22)18-6-7-19-14-23-12-10-17(19)13-18/h4-10,12-15H,2-3,11H2,1H3,(H2,24,25,26). The zero-order valence-electron chi connectivity index (χ0n) is 15.3. The van der Waals surface area contributed by atoms with Gasteiger partial charge in [-0.1, -0.05) is 24.3 Å². The summed E-state index contributed by atoms with van der Waals surface area (Å²) in [5.41, 5.74) is 3.43. The van der Waals surface area contributed by atoms with Crippen LogP contribution in [0.5, 0.6) is 5.75 Å². The third kappa shape index (κ3) is 4.08. The third-order valence-electron chi connectivity index (χ3n) is 4.62. The minimum Gasteiger partial charge on any atom is -0.497 e. The number of aromatic nitrogens is 3. The average molecular weight is 358 g/mol. The van der Waals surface area contributed by atoms with Gasteiger partial charge in [-0.2, -0.15) is 0 Å². The lowest BCUT2D eigenvalue weighted by Crippen LogP contribution is -2.04. The monoisotopic (exact) mass is 358 g/mol. The number of fused-ring (bicyclic) bond motifs is 1. The first-order valence-electron chi connectivity index (χ1n) is 9.08. The van der Waals surface area contributed by atoms with Crippen molar-refractivity contribution in [2.75, 3.05) is 19.0 Å². The Bertz CT molecular complexity index is 1020. The van der Waals surface area contributed by atoms with Crippen LogP contribution in [-0.4, -0.2) is 28.6 Å². The fraction of sp³-hybridized carbons (Fsp3) is 0.182. The van der Waals surface area contributed by atoms with Gasteiger partial charge in [0.1, 0.15) is 5.75 Å². The predicted octanol–water partition coefficient (Wildman–Crippen LogP) is 4.68. The van der Waals surface area contributed by atoms with E-state index in [1.807, 2.05) is 36.8 Å². The predicted molar refractivity (Wildman–Crippen MR) is 109 cm³/mol. The Morgan fingerprint density at radius 3 is 2.74 bits per heavy atom. The van der Waals surface area contributed by atoms with Gasteiger partial charge in [-0.05, 0) is 48.1 Å². The number of nitrogens with zero attached hydrogens (tertiary/aromatic N) is 2. The highest BCUT2D eigenvalue weighted by Gasteiger charge is 2.04. The molecule has 136 valence electrons. The summed E-state index contributed by atoms with van der Waals surface area (Å²) in [4.78, 5) is 12.0. The number of ether oxygens (including phenoxy) is 1. The van der Waals surface area contributed by atoms with Gasteiger partial charge in [0.25, 0.3) is 0 Å². The molecule has 4 aromatic rings. The van der Waals surface area contributed by atoms with Gasteiger partial charge in [-0.3, -0.25) is 4.98 Å². The van der Waals surface area contributed by atoms with E-state index in [9.17, 15) is 0 Å². The van der Waals surface area contributed by atoms with E-state index in [0.717, 1.165) is 47.7 Å². The van der Waals surface area contributed by atoms with E-state index >= 15 is 0 Å². The van der Waals surface area contributed by atoms with E-state index < -0.39 is 0 Å². The molecule has 0 amide bonds.